The van der Waals surface area contributed by atoms with Gasteiger partial charge in [-0.05, 0) is 86.1 Å². The zero-order valence-corrected chi connectivity index (χ0v) is 21.1. The molecule has 0 saturated heterocycles. The van der Waals surface area contributed by atoms with Crippen molar-refractivity contribution in [3.63, 3.8) is 0 Å². The second-order valence-electron chi connectivity index (χ2n) is 7.95. The van der Waals surface area contributed by atoms with Crippen molar-refractivity contribution >= 4 is 63.2 Å². The van der Waals surface area contributed by atoms with Gasteiger partial charge < -0.3 is 15.0 Å². The number of aryl methyl sites for hydroxylation is 3. The number of amides is 1. The van der Waals surface area contributed by atoms with Gasteiger partial charge in [0.05, 0.1) is 11.0 Å². The van der Waals surface area contributed by atoms with Crippen LogP contribution in [0.2, 0.25) is 10.0 Å². The summed E-state index contributed by atoms with van der Waals surface area (Å²) in [4.78, 5) is 20.2. The minimum absolute atomic E-state index is 0.168. The maximum Gasteiger partial charge on any atom is 0.264 e. The van der Waals surface area contributed by atoms with E-state index in [4.69, 9.17) is 40.2 Å². The Morgan fingerprint density at radius 1 is 1.06 bits per heavy atom. The van der Waals surface area contributed by atoms with Crippen LogP contribution in [0, 0.1) is 20.8 Å². The number of imidazole rings is 1. The highest BCUT2D eigenvalue weighted by Gasteiger charge is 2.11. The number of carbonyl (C=O) groups excluding carboxylic acids is 1. The van der Waals surface area contributed by atoms with Gasteiger partial charge in [0.1, 0.15) is 11.6 Å². The number of halogens is 2. The smallest absolute Gasteiger partial charge is 0.264 e. The van der Waals surface area contributed by atoms with Gasteiger partial charge in [0.15, 0.2) is 11.7 Å². The summed E-state index contributed by atoms with van der Waals surface area (Å²) in [5, 5.41) is 7.17. The van der Waals surface area contributed by atoms with Crippen molar-refractivity contribution in [2.45, 2.75) is 20.8 Å². The quantitative estimate of drug-likeness (QED) is 0.271. The van der Waals surface area contributed by atoms with Gasteiger partial charge in [-0.1, -0.05) is 35.3 Å². The number of hydrogen-bond donors (Lipinski definition) is 3. The molecule has 0 radical (unpaired) electrons. The maximum absolute atomic E-state index is 12.3. The molecule has 174 valence electrons. The van der Waals surface area contributed by atoms with E-state index in [1.807, 2.05) is 57.2 Å². The lowest BCUT2D eigenvalue weighted by atomic mass is 10.1. The van der Waals surface area contributed by atoms with Crippen LogP contribution in [0.4, 0.5) is 5.69 Å². The van der Waals surface area contributed by atoms with Crippen molar-refractivity contribution in [2.75, 3.05) is 11.9 Å². The number of anilines is 1. The lowest BCUT2D eigenvalue weighted by Crippen LogP contribution is -2.37. The monoisotopic (exact) mass is 512 g/mol. The standard InChI is InChI=1S/C25H22Cl2N4O2S/c1-13-9-20-21(11-19(13)26)30-24(29-20)16-5-4-6-17(10-16)28-25(34)31-22(32)12-33-18-7-14(2)23(27)15(3)8-18/h4-11H,12H2,1-3H3,(H,29,30)(H2,28,31,32,34). The topological polar surface area (TPSA) is 79.0 Å². The van der Waals surface area contributed by atoms with Gasteiger partial charge in [0.25, 0.3) is 5.91 Å². The van der Waals surface area contributed by atoms with Crippen LogP contribution < -0.4 is 15.4 Å². The fourth-order valence-corrected chi connectivity index (χ4v) is 3.98. The molecule has 1 aromatic heterocycles. The number of hydrogen-bond acceptors (Lipinski definition) is 4. The van der Waals surface area contributed by atoms with Crippen LogP contribution in [0.1, 0.15) is 16.7 Å². The summed E-state index contributed by atoms with van der Waals surface area (Å²) >= 11 is 17.7. The van der Waals surface area contributed by atoms with Crippen LogP contribution >= 0.6 is 35.4 Å². The number of nitrogens with one attached hydrogen (secondary N) is 3. The van der Waals surface area contributed by atoms with E-state index in [9.17, 15) is 4.79 Å². The largest absolute Gasteiger partial charge is 0.484 e. The van der Waals surface area contributed by atoms with E-state index >= 15 is 0 Å². The zero-order chi connectivity index (χ0) is 24.4. The number of aromatic nitrogens is 2. The number of H-pyrrole nitrogens is 1. The van der Waals surface area contributed by atoms with Gasteiger partial charge in [-0.25, -0.2) is 4.98 Å². The van der Waals surface area contributed by atoms with Crippen molar-refractivity contribution in [1.29, 1.82) is 0 Å². The molecular weight excluding hydrogens is 491 g/mol. The molecule has 3 N–H and O–H groups in total. The van der Waals surface area contributed by atoms with E-state index in [0.29, 0.717) is 27.3 Å². The molecule has 0 spiro atoms. The predicted molar refractivity (Wildman–Crippen MR) is 142 cm³/mol. The number of thiocarbonyl (C=S) groups is 1. The Morgan fingerprint density at radius 3 is 2.53 bits per heavy atom. The van der Waals surface area contributed by atoms with E-state index in [1.165, 1.54) is 0 Å². The molecule has 34 heavy (non-hydrogen) atoms. The van der Waals surface area contributed by atoms with Crippen LogP contribution in [-0.4, -0.2) is 27.6 Å². The molecule has 0 fully saturated rings. The summed E-state index contributed by atoms with van der Waals surface area (Å²) in [5.74, 6) is 0.907. The maximum atomic E-state index is 12.3. The molecule has 0 unspecified atom stereocenters. The van der Waals surface area contributed by atoms with E-state index in [1.54, 1.807) is 12.1 Å². The summed E-state index contributed by atoms with van der Waals surface area (Å²) in [7, 11) is 0. The SMILES string of the molecule is Cc1cc2[nH]c(-c3cccc(NC(=S)NC(=O)COc4cc(C)c(Cl)c(C)c4)c3)nc2cc1Cl. The second-order valence-corrected chi connectivity index (χ2v) is 9.14. The zero-order valence-electron chi connectivity index (χ0n) is 18.8. The number of fused-ring (bicyclic) bond motifs is 1. The Morgan fingerprint density at radius 2 is 1.79 bits per heavy atom. The molecule has 1 heterocycles. The molecule has 3 aromatic carbocycles. The Bertz CT molecular complexity index is 1360. The van der Waals surface area contributed by atoms with Crippen molar-refractivity contribution in [2.24, 2.45) is 0 Å². The molecule has 0 bridgehead atoms. The van der Waals surface area contributed by atoms with Crippen molar-refractivity contribution in [3.8, 4) is 17.1 Å². The van der Waals surface area contributed by atoms with Crippen LogP contribution in [0.25, 0.3) is 22.4 Å². The Hall–Kier alpha value is -3.13. The minimum Gasteiger partial charge on any atom is -0.484 e. The highest BCUT2D eigenvalue weighted by Crippen LogP contribution is 2.27. The lowest BCUT2D eigenvalue weighted by Gasteiger charge is -2.12. The highest BCUT2D eigenvalue weighted by molar-refractivity contribution is 7.80. The van der Waals surface area contributed by atoms with Gasteiger partial charge in [0, 0.05) is 21.3 Å². The van der Waals surface area contributed by atoms with E-state index in [0.717, 1.165) is 33.3 Å². The summed E-state index contributed by atoms with van der Waals surface area (Å²) in [6.07, 6.45) is 0. The first-order valence-corrected chi connectivity index (χ1v) is 11.6. The van der Waals surface area contributed by atoms with Crippen LogP contribution in [0.3, 0.4) is 0 Å². The van der Waals surface area contributed by atoms with Crippen LogP contribution in [0.5, 0.6) is 5.75 Å². The van der Waals surface area contributed by atoms with Gasteiger partial charge in [-0.3, -0.25) is 10.1 Å². The third-order valence-electron chi connectivity index (χ3n) is 5.19. The molecule has 1 amide bonds. The Kier molecular flexibility index (Phi) is 7.07. The number of ether oxygens (including phenoxy) is 1. The summed E-state index contributed by atoms with van der Waals surface area (Å²) in [6.45, 7) is 5.54. The summed E-state index contributed by atoms with van der Waals surface area (Å²) in [6, 6.07) is 14.9. The van der Waals surface area contributed by atoms with Gasteiger partial charge in [0.2, 0.25) is 0 Å². The molecule has 0 saturated carbocycles. The minimum atomic E-state index is -0.372. The number of nitrogens with zero attached hydrogens (tertiary/aromatic N) is 1. The molecule has 0 atom stereocenters. The molecular formula is C25H22Cl2N4O2S. The van der Waals surface area contributed by atoms with Crippen LogP contribution in [-0.2, 0) is 4.79 Å². The first kappa shape index (κ1) is 24.0. The van der Waals surface area contributed by atoms with E-state index in [-0.39, 0.29) is 17.6 Å². The Labute approximate surface area is 212 Å². The summed E-state index contributed by atoms with van der Waals surface area (Å²) < 4.78 is 5.58. The van der Waals surface area contributed by atoms with Gasteiger partial charge >= 0.3 is 0 Å². The fourth-order valence-electron chi connectivity index (χ4n) is 3.48. The number of rotatable bonds is 5. The number of benzene rings is 3. The predicted octanol–water partition coefficient (Wildman–Crippen LogP) is 6.35. The second kappa shape index (κ2) is 10.0. The molecule has 6 nitrogen and oxygen atoms in total. The Balaban J connectivity index is 1.38. The van der Waals surface area contributed by atoms with Crippen molar-refractivity contribution in [3.05, 3.63) is 75.3 Å². The third kappa shape index (κ3) is 5.50. The molecule has 4 aromatic rings. The van der Waals surface area contributed by atoms with Gasteiger partial charge in [-0.2, -0.15) is 0 Å². The first-order valence-electron chi connectivity index (χ1n) is 10.5. The van der Waals surface area contributed by atoms with E-state index in [2.05, 4.69) is 20.6 Å². The average molecular weight is 513 g/mol. The number of carbonyl (C=O) groups is 1. The van der Waals surface area contributed by atoms with Crippen molar-refractivity contribution in [1.82, 2.24) is 15.3 Å². The van der Waals surface area contributed by atoms with E-state index < -0.39 is 0 Å². The molecule has 4 rings (SSSR count). The lowest BCUT2D eigenvalue weighted by molar-refractivity contribution is -0.121. The highest BCUT2D eigenvalue weighted by atomic mass is 35.5. The van der Waals surface area contributed by atoms with Crippen LogP contribution in [0.15, 0.2) is 48.5 Å². The molecule has 0 aliphatic rings. The molecule has 9 heteroatoms. The summed E-state index contributed by atoms with van der Waals surface area (Å²) in [5.41, 5.74) is 6.02. The molecule has 0 aliphatic carbocycles. The normalized spacial score (nSPS) is 10.9. The first-order chi connectivity index (χ1) is 16.2. The molecule has 0 aliphatic heterocycles. The third-order valence-corrected chi connectivity index (χ3v) is 6.40. The fraction of sp³-hybridized carbons (Fsp3) is 0.160. The van der Waals surface area contributed by atoms with Crippen molar-refractivity contribution < 1.29 is 9.53 Å². The van der Waals surface area contributed by atoms with Gasteiger partial charge in [-0.15, -0.1) is 0 Å². The number of aromatic amines is 1. The average Bonchev–Trinajstić information content (AvgIpc) is 3.19.